The Labute approximate surface area is 96.6 Å². The van der Waals surface area contributed by atoms with Crippen molar-refractivity contribution in [1.82, 2.24) is 4.98 Å². The Balaban J connectivity index is 1.99. The highest BCUT2D eigenvalue weighted by molar-refractivity contribution is 7.18. The Morgan fingerprint density at radius 1 is 1.50 bits per heavy atom. The van der Waals surface area contributed by atoms with Crippen LogP contribution in [0.1, 0.15) is 29.3 Å². The minimum Gasteiger partial charge on any atom is -0.241 e. The second-order valence-electron chi connectivity index (χ2n) is 4.00. The standard InChI is InChI=1S/C11H10N4S/c12-15-13-6-11-14-9-4-3-8(7-1-2-7)5-10(9)16-11/h3-5,7H,1-2,6H2. The van der Waals surface area contributed by atoms with Gasteiger partial charge in [-0.25, -0.2) is 4.98 Å². The molecular formula is C11H10N4S. The summed E-state index contributed by atoms with van der Waals surface area (Å²) >= 11 is 1.62. The summed E-state index contributed by atoms with van der Waals surface area (Å²) in [4.78, 5) is 7.17. The van der Waals surface area contributed by atoms with Gasteiger partial charge in [0.15, 0.2) is 0 Å². The molecule has 0 bridgehead atoms. The lowest BCUT2D eigenvalue weighted by Crippen LogP contribution is -1.78. The van der Waals surface area contributed by atoms with Gasteiger partial charge in [0, 0.05) is 4.91 Å². The molecule has 1 saturated carbocycles. The predicted octanol–water partition coefficient (Wildman–Crippen LogP) is 3.98. The molecule has 5 heteroatoms. The van der Waals surface area contributed by atoms with Crippen LogP contribution in [0.3, 0.4) is 0 Å². The van der Waals surface area contributed by atoms with Crippen LogP contribution in [-0.4, -0.2) is 4.98 Å². The third-order valence-corrected chi connectivity index (χ3v) is 3.78. The number of azide groups is 1. The van der Waals surface area contributed by atoms with E-state index in [1.54, 1.807) is 11.3 Å². The average Bonchev–Trinajstić information content (AvgIpc) is 3.06. The summed E-state index contributed by atoms with van der Waals surface area (Å²) in [7, 11) is 0. The van der Waals surface area contributed by atoms with E-state index >= 15 is 0 Å². The molecule has 2 aromatic rings. The zero-order chi connectivity index (χ0) is 11.0. The second-order valence-corrected chi connectivity index (χ2v) is 5.11. The Kier molecular flexibility index (Phi) is 2.27. The van der Waals surface area contributed by atoms with Crippen LogP contribution in [-0.2, 0) is 6.54 Å². The smallest absolute Gasteiger partial charge is 0.0996 e. The van der Waals surface area contributed by atoms with Gasteiger partial charge in [-0.1, -0.05) is 11.2 Å². The van der Waals surface area contributed by atoms with Crippen LogP contribution in [0.4, 0.5) is 0 Å². The summed E-state index contributed by atoms with van der Waals surface area (Å²) in [6.45, 7) is 0.356. The van der Waals surface area contributed by atoms with Crippen LogP contribution in [0.5, 0.6) is 0 Å². The van der Waals surface area contributed by atoms with Crippen LogP contribution in [0.2, 0.25) is 0 Å². The summed E-state index contributed by atoms with van der Waals surface area (Å²) in [6, 6.07) is 6.46. The molecule has 1 aromatic heterocycles. The van der Waals surface area contributed by atoms with Crippen molar-refractivity contribution in [2.24, 2.45) is 5.11 Å². The van der Waals surface area contributed by atoms with Gasteiger partial charge in [0.05, 0.1) is 21.8 Å². The van der Waals surface area contributed by atoms with Gasteiger partial charge in [-0.05, 0) is 42.0 Å². The molecule has 0 N–H and O–H groups in total. The van der Waals surface area contributed by atoms with Gasteiger partial charge in [-0.3, -0.25) is 0 Å². The molecule has 80 valence electrons. The highest BCUT2D eigenvalue weighted by atomic mass is 32.1. The molecule has 0 spiro atoms. The van der Waals surface area contributed by atoms with Crippen LogP contribution in [0, 0.1) is 0 Å². The first-order chi connectivity index (χ1) is 7.86. The normalized spacial score (nSPS) is 15.0. The van der Waals surface area contributed by atoms with Crippen molar-refractivity contribution in [2.75, 3.05) is 0 Å². The second kappa shape index (κ2) is 3.77. The first kappa shape index (κ1) is 9.63. The Morgan fingerprint density at radius 3 is 3.12 bits per heavy atom. The molecule has 16 heavy (non-hydrogen) atoms. The fourth-order valence-corrected chi connectivity index (χ4v) is 2.75. The monoisotopic (exact) mass is 230 g/mol. The van der Waals surface area contributed by atoms with E-state index in [9.17, 15) is 0 Å². The molecule has 1 aromatic carbocycles. The molecule has 0 radical (unpaired) electrons. The number of thiazole rings is 1. The van der Waals surface area contributed by atoms with Crippen molar-refractivity contribution in [3.05, 3.63) is 39.2 Å². The number of fused-ring (bicyclic) bond motifs is 1. The molecule has 1 heterocycles. The van der Waals surface area contributed by atoms with E-state index in [1.807, 2.05) is 0 Å². The van der Waals surface area contributed by atoms with Gasteiger partial charge in [0.2, 0.25) is 0 Å². The van der Waals surface area contributed by atoms with E-state index in [4.69, 9.17) is 5.53 Å². The maximum atomic E-state index is 8.26. The van der Waals surface area contributed by atoms with Crippen molar-refractivity contribution in [1.29, 1.82) is 0 Å². The van der Waals surface area contributed by atoms with Gasteiger partial charge < -0.3 is 0 Å². The Morgan fingerprint density at radius 2 is 2.38 bits per heavy atom. The Hall–Kier alpha value is -1.58. The number of hydrogen-bond donors (Lipinski definition) is 0. The molecule has 0 saturated heterocycles. The topological polar surface area (TPSA) is 61.7 Å². The summed E-state index contributed by atoms with van der Waals surface area (Å²) in [5, 5.41) is 4.43. The van der Waals surface area contributed by atoms with E-state index in [2.05, 4.69) is 33.2 Å². The molecule has 0 amide bonds. The van der Waals surface area contributed by atoms with Crippen molar-refractivity contribution in [2.45, 2.75) is 25.3 Å². The van der Waals surface area contributed by atoms with E-state index in [1.165, 1.54) is 23.1 Å². The molecular weight excluding hydrogens is 220 g/mol. The molecule has 0 atom stereocenters. The van der Waals surface area contributed by atoms with Crippen molar-refractivity contribution >= 4 is 21.6 Å². The first-order valence-corrected chi connectivity index (χ1v) is 6.08. The molecule has 4 nitrogen and oxygen atoms in total. The van der Waals surface area contributed by atoms with Crippen LogP contribution < -0.4 is 0 Å². The van der Waals surface area contributed by atoms with Crippen LogP contribution >= 0.6 is 11.3 Å². The quantitative estimate of drug-likeness (QED) is 0.447. The number of benzene rings is 1. The maximum absolute atomic E-state index is 8.26. The number of hydrogen-bond acceptors (Lipinski definition) is 3. The van der Waals surface area contributed by atoms with E-state index in [0.717, 1.165) is 16.4 Å². The third-order valence-electron chi connectivity index (χ3n) is 2.77. The molecule has 1 aliphatic rings. The lowest BCUT2D eigenvalue weighted by molar-refractivity contribution is 1.03. The maximum Gasteiger partial charge on any atom is 0.0996 e. The highest BCUT2D eigenvalue weighted by Gasteiger charge is 2.23. The Bertz CT molecular complexity index is 579. The van der Waals surface area contributed by atoms with Gasteiger partial charge in [-0.15, -0.1) is 11.3 Å². The van der Waals surface area contributed by atoms with E-state index in [0.29, 0.717) is 6.54 Å². The summed E-state index contributed by atoms with van der Waals surface area (Å²) in [5.41, 5.74) is 10.7. The summed E-state index contributed by atoms with van der Waals surface area (Å²) in [6.07, 6.45) is 2.63. The predicted molar refractivity (Wildman–Crippen MR) is 64.4 cm³/mol. The number of rotatable bonds is 3. The highest BCUT2D eigenvalue weighted by Crippen LogP contribution is 2.41. The van der Waals surface area contributed by atoms with Crippen molar-refractivity contribution < 1.29 is 0 Å². The van der Waals surface area contributed by atoms with Gasteiger partial charge >= 0.3 is 0 Å². The van der Waals surface area contributed by atoms with Crippen LogP contribution in [0.25, 0.3) is 20.7 Å². The van der Waals surface area contributed by atoms with E-state index < -0.39 is 0 Å². The first-order valence-electron chi connectivity index (χ1n) is 5.27. The molecule has 3 rings (SSSR count). The van der Waals surface area contributed by atoms with Gasteiger partial charge in [-0.2, -0.15) is 0 Å². The summed E-state index contributed by atoms with van der Waals surface area (Å²) in [5.74, 6) is 0.770. The van der Waals surface area contributed by atoms with E-state index in [-0.39, 0.29) is 0 Å². The fraction of sp³-hybridized carbons (Fsp3) is 0.364. The van der Waals surface area contributed by atoms with Gasteiger partial charge in [0.25, 0.3) is 0 Å². The minimum absolute atomic E-state index is 0.356. The molecule has 0 unspecified atom stereocenters. The third kappa shape index (κ3) is 1.75. The molecule has 1 aliphatic carbocycles. The summed E-state index contributed by atoms with van der Waals surface area (Å²) < 4.78 is 1.20. The fourth-order valence-electron chi connectivity index (χ4n) is 1.82. The SMILES string of the molecule is [N-]=[N+]=NCc1nc2ccc(C3CC3)cc2s1. The number of nitrogens with zero attached hydrogens (tertiary/aromatic N) is 4. The zero-order valence-corrected chi connectivity index (χ0v) is 9.44. The largest absolute Gasteiger partial charge is 0.241 e. The van der Waals surface area contributed by atoms with Crippen LogP contribution in [0.15, 0.2) is 23.3 Å². The lowest BCUT2D eigenvalue weighted by atomic mass is 10.1. The van der Waals surface area contributed by atoms with Gasteiger partial charge in [0.1, 0.15) is 0 Å². The van der Waals surface area contributed by atoms with Crippen molar-refractivity contribution in [3.63, 3.8) is 0 Å². The lowest BCUT2D eigenvalue weighted by Gasteiger charge is -1.95. The zero-order valence-electron chi connectivity index (χ0n) is 8.63. The van der Waals surface area contributed by atoms with Crippen molar-refractivity contribution in [3.8, 4) is 0 Å². The average molecular weight is 230 g/mol. The number of aromatic nitrogens is 1. The minimum atomic E-state index is 0.356. The molecule has 0 aliphatic heterocycles. The molecule has 1 fully saturated rings.